The Labute approximate surface area is 146 Å². The molecule has 0 spiro atoms. The van der Waals surface area contributed by atoms with E-state index in [9.17, 15) is 8.78 Å². The zero-order valence-electron chi connectivity index (χ0n) is 14.3. The molecule has 5 nitrogen and oxygen atoms in total. The molecule has 1 fully saturated rings. The third kappa shape index (κ3) is 4.61. The number of hydrogen-bond acceptors (Lipinski definition) is 5. The Balaban J connectivity index is 1.69. The number of alkyl halides is 1. The fourth-order valence-electron chi connectivity index (χ4n) is 3.06. The smallest absolute Gasteiger partial charge is 0.228 e. The molecule has 7 heteroatoms. The highest BCUT2D eigenvalue weighted by atomic mass is 19.1. The summed E-state index contributed by atoms with van der Waals surface area (Å²) in [5.74, 6) is 0.683. The van der Waals surface area contributed by atoms with Gasteiger partial charge in [0.25, 0.3) is 0 Å². The largest absolute Gasteiger partial charge is 0.368 e. The molecule has 2 aromatic rings. The fourth-order valence-corrected chi connectivity index (χ4v) is 3.06. The molecule has 1 aliphatic rings. The van der Waals surface area contributed by atoms with Crippen LogP contribution in [0.4, 0.5) is 20.7 Å². The first-order valence-corrected chi connectivity index (χ1v) is 8.68. The molecule has 1 aromatic carbocycles. The molecule has 3 N–H and O–H groups in total. The minimum atomic E-state index is -1.30. The number of nitrogen functional groups attached to an aromatic ring is 1. The van der Waals surface area contributed by atoms with Crippen LogP contribution in [-0.2, 0) is 6.42 Å². The number of aryl methyl sites for hydroxylation is 1. The van der Waals surface area contributed by atoms with E-state index in [1.807, 2.05) is 0 Å². The fraction of sp³-hybridized carbons (Fsp3) is 0.500. The maximum atomic E-state index is 13.5. The van der Waals surface area contributed by atoms with Crippen LogP contribution < -0.4 is 11.1 Å². The van der Waals surface area contributed by atoms with Crippen LogP contribution in [0.5, 0.6) is 0 Å². The van der Waals surface area contributed by atoms with Crippen molar-refractivity contribution in [2.45, 2.75) is 51.2 Å². The lowest BCUT2D eigenvalue weighted by molar-refractivity contribution is 0.265. The van der Waals surface area contributed by atoms with Gasteiger partial charge in [0.1, 0.15) is 5.82 Å². The molecule has 0 amide bonds. The van der Waals surface area contributed by atoms with E-state index >= 15 is 0 Å². The van der Waals surface area contributed by atoms with Gasteiger partial charge in [-0.25, -0.2) is 8.78 Å². The summed E-state index contributed by atoms with van der Waals surface area (Å²) in [6.45, 7) is 1.37. The number of halogens is 2. The lowest BCUT2D eigenvalue weighted by Crippen LogP contribution is -2.35. The van der Waals surface area contributed by atoms with Gasteiger partial charge in [-0.2, -0.15) is 15.0 Å². The number of nitrogens with zero attached hydrogens (tertiary/aromatic N) is 3. The first-order valence-electron chi connectivity index (χ1n) is 8.68. The summed E-state index contributed by atoms with van der Waals surface area (Å²) in [6, 6.07) is 6.72. The summed E-state index contributed by atoms with van der Waals surface area (Å²) in [5.41, 5.74) is 6.75. The number of nitrogens with two attached hydrogens (primary N) is 1. The third-order valence-electron chi connectivity index (χ3n) is 4.72. The molecule has 0 radical (unpaired) electrons. The van der Waals surface area contributed by atoms with E-state index in [0.29, 0.717) is 11.9 Å². The molecule has 2 atom stereocenters. The number of aromatic nitrogens is 3. The van der Waals surface area contributed by atoms with Gasteiger partial charge >= 0.3 is 0 Å². The minimum absolute atomic E-state index is 0.0166. The summed E-state index contributed by atoms with van der Waals surface area (Å²) in [5, 5.41) is 3.32. The molecule has 1 heterocycles. The summed E-state index contributed by atoms with van der Waals surface area (Å²) in [4.78, 5) is 12.1. The second-order valence-corrected chi connectivity index (χ2v) is 6.60. The lowest BCUT2D eigenvalue weighted by Gasteiger charge is -2.34. The molecule has 0 bridgehead atoms. The van der Waals surface area contributed by atoms with E-state index in [2.05, 4.69) is 20.3 Å². The predicted octanol–water partition coefficient (Wildman–Crippen LogP) is 3.84. The molecule has 0 aliphatic heterocycles. The molecule has 3 rings (SSSR count). The van der Waals surface area contributed by atoms with Crippen molar-refractivity contribution in [3.8, 4) is 0 Å². The average Bonchev–Trinajstić information content (AvgIpc) is 2.52. The van der Waals surface area contributed by atoms with Crippen molar-refractivity contribution in [2.24, 2.45) is 5.92 Å². The van der Waals surface area contributed by atoms with Crippen LogP contribution in [0.1, 0.15) is 50.2 Å². The maximum absolute atomic E-state index is 13.5. The summed E-state index contributed by atoms with van der Waals surface area (Å²) in [6.07, 6.45) is 3.89. The van der Waals surface area contributed by atoms with Gasteiger partial charge in [0.05, 0.1) is 0 Å². The third-order valence-corrected chi connectivity index (χ3v) is 4.72. The van der Waals surface area contributed by atoms with Crippen molar-refractivity contribution in [3.05, 3.63) is 41.5 Å². The molecule has 1 aromatic heterocycles. The van der Waals surface area contributed by atoms with Crippen molar-refractivity contribution in [2.75, 3.05) is 11.1 Å². The monoisotopic (exact) mass is 347 g/mol. The van der Waals surface area contributed by atoms with Crippen LogP contribution in [0.2, 0.25) is 0 Å². The molecule has 1 aliphatic carbocycles. The highest BCUT2D eigenvalue weighted by Gasteiger charge is 2.28. The van der Waals surface area contributed by atoms with Crippen molar-refractivity contribution < 1.29 is 8.78 Å². The maximum Gasteiger partial charge on any atom is 0.228 e. The van der Waals surface area contributed by atoms with Gasteiger partial charge < -0.3 is 11.1 Å². The topological polar surface area (TPSA) is 76.7 Å². The van der Waals surface area contributed by atoms with Crippen LogP contribution in [-0.4, -0.2) is 21.0 Å². The zero-order valence-corrected chi connectivity index (χ0v) is 14.3. The van der Waals surface area contributed by atoms with Crippen LogP contribution in [0, 0.1) is 11.7 Å². The Bertz CT molecular complexity index is 701. The normalized spacial score (nSPS) is 16.9. The van der Waals surface area contributed by atoms with E-state index in [1.165, 1.54) is 25.5 Å². The molecule has 1 saturated carbocycles. The summed E-state index contributed by atoms with van der Waals surface area (Å²) >= 11 is 0. The zero-order chi connectivity index (χ0) is 17.8. The highest BCUT2D eigenvalue weighted by Crippen LogP contribution is 2.33. The number of rotatable bonds is 7. The first-order chi connectivity index (χ1) is 12.0. The Morgan fingerprint density at radius 1 is 1.20 bits per heavy atom. The highest BCUT2D eigenvalue weighted by molar-refractivity contribution is 5.33. The molecule has 0 saturated heterocycles. The molecule has 1 unspecified atom stereocenters. The van der Waals surface area contributed by atoms with Crippen LogP contribution in [0.15, 0.2) is 24.3 Å². The van der Waals surface area contributed by atoms with E-state index in [-0.39, 0.29) is 23.6 Å². The predicted molar refractivity (Wildman–Crippen MR) is 93.2 cm³/mol. The average molecular weight is 347 g/mol. The second-order valence-electron chi connectivity index (χ2n) is 6.60. The van der Waals surface area contributed by atoms with Gasteiger partial charge in [-0.3, -0.25) is 0 Å². The number of anilines is 2. The van der Waals surface area contributed by atoms with E-state index in [1.54, 1.807) is 12.1 Å². The van der Waals surface area contributed by atoms with Crippen LogP contribution >= 0.6 is 0 Å². The van der Waals surface area contributed by atoms with E-state index in [4.69, 9.17) is 5.73 Å². The Hall–Kier alpha value is -2.31. The molecule has 25 heavy (non-hydrogen) atoms. The standard InChI is InChI=1S/C18H23F2N5/c1-11(19)16-23-17(21)25-18(24-16)22-15(13-3-2-4-13)10-7-12-5-8-14(20)9-6-12/h5-6,8-9,11,13,15H,2-4,7,10H2,1H3,(H3,21,22,23,24,25)/t11?,15-/m0/s1. The van der Waals surface area contributed by atoms with Gasteiger partial charge in [-0.15, -0.1) is 0 Å². The van der Waals surface area contributed by atoms with Crippen molar-refractivity contribution in [1.82, 2.24) is 15.0 Å². The van der Waals surface area contributed by atoms with Crippen molar-refractivity contribution in [1.29, 1.82) is 0 Å². The first kappa shape index (κ1) is 17.5. The van der Waals surface area contributed by atoms with Gasteiger partial charge in [0, 0.05) is 6.04 Å². The quantitative estimate of drug-likeness (QED) is 0.796. The van der Waals surface area contributed by atoms with E-state index in [0.717, 1.165) is 31.2 Å². The van der Waals surface area contributed by atoms with Crippen LogP contribution in [0.25, 0.3) is 0 Å². The Morgan fingerprint density at radius 3 is 2.52 bits per heavy atom. The molecular weight excluding hydrogens is 324 g/mol. The van der Waals surface area contributed by atoms with Crippen molar-refractivity contribution in [3.63, 3.8) is 0 Å². The number of nitrogens with one attached hydrogen (secondary N) is 1. The van der Waals surface area contributed by atoms with Crippen LogP contribution in [0.3, 0.4) is 0 Å². The minimum Gasteiger partial charge on any atom is -0.368 e. The summed E-state index contributed by atoms with van der Waals surface area (Å²) < 4.78 is 26.5. The number of benzene rings is 1. The van der Waals surface area contributed by atoms with Gasteiger partial charge in [0.15, 0.2) is 12.0 Å². The Morgan fingerprint density at radius 2 is 1.92 bits per heavy atom. The van der Waals surface area contributed by atoms with E-state index < -0.39 is 6.17 Å². The van der Waals surface area contributed by atoms with Gasteiger partial charge in [0.2, 0.25) is 11.9 Å². The second kappa shape index (κ2) is 7.72. The SMILES string of the molecule is CC(F)c1nc(N)nc(N[C@@H](CCc2ccc(F)cc2)C2CCC2)n1. The van der Waals surface area contributed by atoms with Crippen molar-refractivity contribution >= 4 is 11.9 Å². The number of hydrogen-bond donors (Lipinski definition) is 2. The molecule has 134 valence electrons. The van der Waals surface area contributed by atoms with Gasteiger partial charge in [-0.05, 0) is 56.2 Å². The molecular formula is C18H23F2N5. The van der Waals surface area contributed by atoms with Gasteiger partial charge in [-0.1, -0.05) is 18.6 Å². The lowest BCUT2D eigenvalue weighted by atomic mass is 9.78. The Kier molecular flexibility index (Phi) is 5.40. The summed E-state index contributed by atoms with van der Waals surface area (Å²) in [7, 11) is 0.